The number of aryl methyl sites for hydroxylation is 2. The maximum atomic E-state index is 4.36. The van der Waals surface area contributed by atoms with Gasteiger partial charge in [-0.1, -0.05) is 54.2 Å². The standard InChI is InChI=1S/C19H18N2S/c1-14-8-9-17(12-15(14)2)18-10-11-19(21-20-18)22-13-16-6-4-3-5-7-16/h3-12H,13H2,1-2H3. The molecule has 1 aromatic heterocycles. The molecule has 0 N–H and O–H groups in total. The van der Waals surface area contributed by atoms with Crippen LogP contribution in [0.25, 0.3) is 11.3 Å². The topological polar surface area (TPSA) is 25.8 Å². The molecule has 0 fully saturated rings. The third kappa shape index (κ3) is 3.55. The Morgan fingerprint density at radius 2 is 1.64 bits per heavy atom. The lowest BCUT2D eigenvalue weighted by atomic mass is 10.0. The van der Waals surface area contributed by atoms with Crippen LogP contribution in [-0.2, 0) is 5.75 Å². The van der Waals surface area contributed by atoms with Crippen LogP contribution in [0.3, 0.4) is 0 Å². The highest BCUT2D eigenvalue weighted by Crippen LogP contribution is 2.23. The van der Waals surface area contributed by atoms with Gasteiger partial charge in [-0.05, 0) is 48.7 Å². The number of benzene rings is 2. The molecule has 0 amide bonds. The van der Waals surface area contributed by atoms with Gasteiger partial charge in [0.05, 0.1) is 5.69 Å². The van der Waals surface area contributed by atoms with E-state index in [9.17, 15) is 0 Å². The van der Waals surface area contributed by atoms with Crippen molar-refractivity contribution in [2.45, 2.75) is 24.6 Å². The molecule has 0 saturated heterocycles. The summed E-state index contributed by atoms with van der Waals surface area (Å²) in [7, 11) is 0. The van der Waals surface area contributed by atoms with Crippen molar-refractivity contribution in [3.05, 3.63) is 77.4 Å². The van der Waals surface area contributed by atoms with Crippen molar-refractivity contribution in [1.82, 2.24) is 10.2 Å². The Morgan fingerprint density at radius 1 is 0.818 bits per heavy atom. The smallest absolute Gasteiger partial charge is 0.119 e. The molecule has 3 aromatic rings. The first-order valence-corrected chi connectivity index (χ1v) is 8.29. The predicted molar refractivity (Wildman–Crippen MR) is 92.9 cm³/mol. The normalized spacial score (nSPS) is 10.6. The van der Waals surface area contributed by atoms with Crippen LogP contribution in [-0.4, -0.2) is 10.2 Å². The van der Waals surface area contributed by atoms with E-state index < -0.39 is 0 Å². The van der Waals surface area contributed by atoms with Crippen LogP contribution < -0.4 is 0 Å². The zero-order valence-corrected chi connectivity index (χ0v) is 13.6. The summed E-state index contributed by atoms with van der Waals surface area (Å²) in [6, 6.07) is 20.9. The molecule has 2 aromatic carbocycles. The van der Waals surface area contributed by atoms with E-state index in [4.69, 9.17) is 0 Å². The Kier molecular flexibility index (Phi) is 4.54. The Bertz CT molecular complexity index is 752. The highest BCUT2D eigenvalue weighted by molar-refractivity contribution is 7.98. The van der Waals surface area contributed by atoms with Gasteiger partial charge in [0.15, 0.2) is 0 Å². The Labute approximate surface area is 135 Å². The number of aromatic nitrogens is 2. The van der Waals surface area contributed by atoms with E-state index in [1.807, 2.05) is 18.2 Å². The first kappa shape index (κ1) is 14.8. The third-order valence-corrected chi connectivity index (χ3v) is 4.66. The average molecular weight is 306 g/mol. The number of thioether (sulfide) groups is 1. The number of nitrogens with zero attached hydrogens (tertiary/aromatic N) is 2. The summed E-state index contributed by atoms with van der Waals surface area (Å²) in [4.78, 5) is 0. The lowest BCUT2D eigenvalue weighted by molar-refractivity contribution is 0.935. The summed E-state index contributed by atoms with van der Waals surface area (Å²) in [5, 5.41) is 9.65. The van der Waals surface area contributed by atoms with E-state index in [2.05, 4.69) is 66.5 Å². The van der Waals surface area contributed by atoms with Crippen molar-refractivity contribution >= 4 is 11.8 Å². The monoisotopic (exact) mass is 306 g/mol. The number of hydrogen-bond donors (Lipinski definition) is 0. The lowest BCUT2D eigenvalue weighted by Crippen LogP contribution is -1.91. The maximum absolute atomic E-state index is 4.36. The van der Waals surface area contributed by atoms with Crippen LogP contribution in [0, 0.1) is 13.8 Å². The molecule has 0 bridgehead atoms. The average Bonchev–Trinajstić information content (AvgIpc) is 2.57. The zero-order valence-electron chi connectivity index (χ0n) is 12.8. The maximum Gasteiger partial charge on any atom is 0.119 e. The minimum atomic E-state index is 0.915. The molecule has 0 unspecified atom stereocenters. The molecule has 3 heteroatoms. The van der Waals surface area contributed by atoms with E-state index in [1.165, 1.54) is 16.7 Å². The number of rotatable bonds is 4. The van der Waals surface area contributed by atoms with Crippen LogP contribution in [0.2, 0.25) is 0 Å². The van der Waals surface area contributed by atoms with Crippen LogP contribution in [0.4, 0.5) is 0 Å². The van der Waals surface area contributed by atoms with E-state index >= 15 is 0 Å². The molecule has 3 rings (SSSR count). The fourth-order valence-electron chi connectivity index (χ4n) is 2.18. The molecular weight excluding hydrogens is 288 g/mol. The third-order valence-electron chi connectivity index (χ3n) is 3.67. The Balaban J connectivity index is 1.71. The largest absolute Gasteiger partial charge is 0.149 e. The zero-order chi connectivity index (χ0) is 15.4. The highest BCUT2D eigenvalue weighted by atomic mass is 32.2. The van der Waals surface area contributed by atoms with Gasteiger partial charge in [-0.2, -0.15) is 0 Å². The molecule has 0 saturated carbocycles. The molecule has 0 spiro atoms. The van der Waals surface area contributed by atoms with E-state index in [1.54, 1.807) is 11.8 Å². The molecule has 22 heavy (non-hydrogen) atoms. The van der Waals surface area contributed by atoms with E-state index in [0.717, 1.165) is 22.0 Å². The van der Waals surface area contributed by atoms with Gasteiger partial charge < -0.3 is 0 Å². The second-order valence-electron chi connectivity index (χ2n) is 5.33. The summed E-state index contributed by atoms with van der Waals surface area (Å²) < 4.78 is 0. The molecule has 110 valence electrons. The van der Waals surface area contributed by atoms with Crippen LogP contribution >= 0.6 is 11.8 Å². The van der Waals surface area contributed by atoms with Crippen molar-refractivity contribution in [3.8, 4) is 11.3 Å². The van der Waals surface area contributed by atoms with Crippen molar-refractivity contribution in [1.29, 1.82) is 0 Å². The molecule has 2 nitrogen and oxygen atoms in total. The molecular formula is C19H18N2S. The summed E-state index contributed by atoms with van der Waals surface area (Å²) in [6.07, 6.45) is 0. The molecule has 0 aliphatic carbocycles. The minimum Gasteiger partial charge on any atom is -0.149 e. The fourth-order valence-corrected chi connectivity index (χ4v) is 2.95. The minimum absolute atomic E-state index is 0.915. The van der Waals surface area contributed by atoms with Gasteiger partial charge in [0.2, 0.25) is 0 Å². The first-order valence-electron chi connectivity index (χ1n) is 7.30. The number of hydrogen-bond acceptors (Lipinski definition) is 3. The van der Waals surface area contributed by atoms with Crippen molar-refractivity contribution < 1.29 is 0 Å². The van der Waals surface area contributed by atoms with Crippen molar-refractivity contribution in [3.63, 3.8) is 0 Å². The molecule has 0 aliphatic rings. The lowest BCUT2D eigenvalue weighted by Gasteiger charge is -2.05. The molecule has 0 atom stereocenters. The molecule has 1 heterocycles. The molecule has 0 radical (unpaired) electrons. The van der Waals surface area contributed by atoms with Crippen LogP contribution in [0.1, 0.15) is 16.7 Å². The quantitative estimate of drug-likeness (QED) is 0.631. The summed E-state index contributed by atoms with van der Waals surface area (Å²) in [5.74, 6) is 0.915. The van der Waals surface area contributed by atoms with Gasteiger partial charge in [0.25, 0.3) is 0 Å². The second-order valence-corrected chi connectivity index (χ2v) is 6.33. The van der Waals surface area contributed by atoms with Gasteiger partial charge in [-0.15, -0.1) is 10.2 Å². The van der Waals surface area contributed by atoms with Gasteiger partial charge >= 0.3 is 0 Å². The van der Waals surface area contributed by atoms with Crippen molar-refractivity contribution in [2.24, 2.45) is 0 Å². The van der Waals surface area contributed by atoms with Crippen LogP contribution in [0.5, 0.6) is 0 Å². The summed E-state index contributed by atoms with van der Waals surface area (Å²) in [5.41, 5.74) is 5.92. The van der Waals surface area contributed by atoms with Crippen molar-refractivity contribution in [2.75, 3.05) is 0 Å². The molecule has 0 aliphatic heterocycles. The Hall–Kier alpha value is -2.13. The van der Waals surface area contributed by atoms with E-state index in [-0.39, 0.29) is 0 Å². The van der Waals surface area contributed by atoms with Gasteiger partial charge in [-0.3, -0.25) is 0 Å². The Morgan fingerprint density at radius 3 is 2.32 bits per heavy atom. The highest BCUT2D eigenvalue weighted by Gasteiger charge is 2.03. The van der Waals surface area contributed by atoms with E-state index in [0.29, 0.717) is 0 Å². The fraction of sp³-hybridized carbons (Fsp3) is 0.158. The van der Waals surface area contributed by atoms with Gasteiger partial charge in [-0.25, -0.2) is 0 Å². The summed E-state index contributed by atoms with van der Waals surface area (Å²) >= 11 is 1.71. The van der Waals surface area contributed by atoms with Gasteiger partial charge in [0, 0.05) is 11.3 Å². The van der Waals surface area contributed by atoms with Gasteiger partial charge in [0.1, 0.15) is 5.03 Å². The SMILES string of the molecule is Cc1ccc(-c2ccc(SCc3ccccc3)nn2)cc1C. The predicted octanol–water partition coefficient (Wildman–Crippen LogP) is 5.05. The van der Waals surface area contributed by atoms with Crippen LogP contribution in [0.15, 0.2) is 65.7 Å². The summed E-state index contributed by atoms with van der Waals surface area (Å²) in [6.45, 7) is 4.24. The second kappa shape index (κ2) is 6.75. The first-order chi connectivity index (χ1) is 10.7.